The number of esters is 2. The van der Waals surface area contributed by atoms with Gasteiger partial charge in [-0.15, -0.1) is 0 Å². The molecule has 0 aliphatic carbocycles. The van der Waals surface area contributed by atoms with Gasteiger partial charge in [-0.25, -0.2) is 9.59 Å². The smallest absolute Gasteiger partial charge is 0.332 e. The molecule has 0 aromatic carbocycles. The number of hydrogen-bond acceptors (Lipinski definition) is 5. The van der Waals surface area contributed by atoms with E-state index < -0.39 is 5.91 Å². The maximum absolute atomic E-state index is 10.2. The second-order valence-corrected chi connectivity index (χ2v) is 3.37. The van der Waals surface area contributed by atoms with Crippen molar-refractivity contribution in [2.75, 3.05) is 13.7 Å². The van der Waals surface area contributed by atoms with Crippen LogP contribution in [0.25, 0.3) is 0 Å². The van der Waals surface area contributed by atoms with Crippen molar-refractivity contribution in [2.24, 2.45) is 5.73 Å². The first-order valence-corrected chi connectivity index (χ1v) is 5.62. The molecule has 114 valence electrons. The number of ether oxygens (including phenoxy) is 2. The van der Waals surface area contributed by atoms with Gasteiger partial charge >= 0.3 is 11.9 Å². The van der Waals surface area contributed by atoms with Crippen molar-refractivity contribution >= 4 is 17.8 Å². The Kier molecular flexibility index (Phi) is 16.7. The van der Waals surface area contributed by atoms with Crippen molar-refractivity contribution in [2.45, 2.75) is 20.8 Å². The van der Waals surface area contributed by atoms with Gasteiger partial charge in [0.1, 0.15) is 0 Å². The number of nitrogens with two attached hydrogens (primary N) is 1. The number of hydrogen-bond donors (Lipinski definition) is 1. The molecule has 0 fully saturated rings. The summed E-state index contributed by atoms with van der Waals surface area (Å²) in [4.78, 5) is 30.1. The molecular formula is C14H23NO5. The summed E-state index contributed by atoms with van der Waals surface area (Å²) in [5, 5.41) is 0. The van der Waals surface area contributed by atoms with Crippen molar-refractivity contribution in [3.05, 3.63) is 37.0 Å². The Hall–Kier alpha value is -2.37. The van der Waals surface area contributed by atoms with Crippen LogP contribution in [0.4, 0.5) is 0 Å². The molecule has 0 unspecified atom stereocenters. The molecule has 0 aliphatic heterocycles. The molecule has 0 aliphatic rings. The number of amides is 1. The Morgan fingerprint density at radius 1 is 1.15 bits per heavy atom. The van der Waals surface area contributed by atoms with E-state index >= 15 is 0 Å². The Labute approximate surface area is 119 Å². The van der Waals surface area contributed by atoms with E-state index in [0.29, 0.717) is 17.8 Å². The molecule has 0 spiro atoms. The van der Waals surface area contributed by atoms with Gasteiger partial charge in [-0.1, -0.05) is 19.7 Å². The fourth-order valence-electron chi connectivity index (χ4n) is 0.375. The third kappa shape index (κ3) is 21.0. The van der Waals surface area contributed by atoms with E-state index in [-0.39, 0.29) is 11.9 Å². The summed E-state index contributed by atoms with van der Waals surface area (Å²) < 4.78 is 8.71. The predicted octanol–water partition coefficient (Wildman–Crippen LogP) is 1.52. The van der Waals surface area contributed by atoms with Crippen LogP contribution < -0.4 is 5.73 Å². The van der Waals surface area contributed by atoms with Crippen LogP contribution in [0.2, 0.25) is 0 Å². The van der Waals surface area contributed by atoms with E-state index in [0.717, 1.165) is 6.08 Å². The normalized spacial score (nSPS) is 7.60. The van der Waals surface area contributed by atoms with Gasteiger partial charge in [0, 0.05) is 17.2 Å². The van der Waals surface area contributed by atoms with Crippen LogP contribution in [0.15, 0.2) is 37.0 Å². The quantitative estimate of drug-likeness (QED) is 0.624. The zero-order valence-corrected chi connectivity index (χ0v) is 12.5. The van der Waals surface area contributed by atoms with E-state index in [9.17, 15) is 14.4 Å². The highest BCUT2D eigenvalue weighted by Crippen LogP contribution is 1.87. The lowest BCUT2D eigenvalue weighted by atomic mass is 10.3. The maximum atomic E-state index is 10.2. The molecule has 0 saturated heterocycles. The Balaban J connectivity index is -0.000000218. The van der Waals surface area contributed by atoms with Crippen LogP contribution in [0.1, 0.15) is 20.8 Å². The van der Waals surface area contributed by atoms with Crippen LogP contribution in [-0.4, -0.2) is 31.6 Å². The molecule has 0 atom stereocenters. The van der Waals surface area contributed by atoms with E-state index in [2.05, 4.69) is 29.2 Å². The molecule has 0 radical (unpaired) electrons. The zero-order valence-electron chi connectivity index (χ0n) is 12.5. The molecule has 2 N–H and O–H groups in total. The monoisotopic (exact) mass is 285 g/mol. The molecular weight excluding hydrogens is 262 g/mol. The Bertz CT molecular complexity index is 358. The predicted molar refractivity (Wildman–Crippen MR) is 77.7 cm³/mol. The standard InChI is InChI=1S/2C5H8O2.C4H7NO/c1-4(2)5(6)7-3;1-3-5(6)7-4-2;1-3(2)4(5)6/h1H2,2-3H3;3H,1,4H2,2H3;1H2,2H3,(H2,5,6). The summed E-state index contributed by atoms with van der Waals surface area (Å²) in [7, 11) is 1.33. The highest BCUT2D eigenvalue weighted by molar-refractivity contribution is 5.90. The molecule has 0 bridgehead atoms. The zero-order chi connectivity index (χ0) is 16.7. The Morgan fingerprint density at radius 3 is 1.60 bits per heavy atom. The molecule has 0 heterocycles. The van der Waals surface area contributed by atoms with Crippen molar-refractivity contribution in [1.82, 2.24) is 0 Å². The van der Waals surface area contributed by atoms with E-state index in [1.54, 1.807) is 20.8 Å². The number of methoxy groups -OCH3 is 1. The van der Waals surface area contributed by atoms with Crippen LogP contribution in [0, 0.1) is 0 Å². The molecule has 0 aromatic heterocycles. The Morgan fingerprint density at radius 2 is 1.55 bits per heavy atom. The second kappa shape index (κ2) is 14.7. The van der Waals surface area contributed by atoms with Gasteiger partial charge in [0.15, 0.2) is 0 Å². The molecule has 1 amide bonds. The first-order valence-electron chi connectivity index (χ1n) is 5.62. The van der Waals surface area contributed by atoms with Crippen molar-refractivity contribution < 1.29 is 23.9 Å². The number of carbonyl (C=O) groups excluding carboxylic acids is 3. The van der Waals surface area contributed by atoms with Crippen molar-refractivity contribution in [3.8, 4) is 0 Å². The third-order valence-electron chi connectivity index (χ3n) is 1.41. The lowest BCUT2D eigenvalue weighted by Gasteiger charge is -1.91. The molecule has 6 nitrogen and oxygen atoms in total. The SMILES string of the molecule is C=C(C)C(=O)OC.C=C(C)C(N)=O.C=CC(=O)OCC. The van der Waals surface area contributed by atoms with Gasteiger partial charge in [0.2, 0.25) is 5.91 Å². The summed E-state index contributed by atoms with van der Waals surface area (Å²) in [6.45, 7) is 15.2. The van der Waals surface area contributed by atoms with Crippen LogP contribution in [-0.2, 0) is 23.9 Å². The minimum atomic E-state index is -0.435. The van der Waals surface area contributed by atoms with Gasteiger partial charge in [0.25, 0.3) is 0 Å². The lowest BCUT2D eigenvalue weighted by molar-refractivity contribution is -0.137. The minimum absolute atomic E-state index is 0.347. The average molecular weight is 285 g/mol. The summed E-state index contributed by atoms with van der Waals surface area (Å²) in [6.07, 6.45) is 1.14. The third-order valence-corrected chi connectivity index (χ3v) is 1.41. The number of carbonyl (C=O) groups is 3. The van der Waals surface area contributed by atoms with Crippen molar-refractivity contribution in [3.63, 3.8) is 0 Å². The van der Waals surface area contributed by atoms with Gasteiger partial charge in [0.05, 0.1) is 13.7 Å². The number of primary amides is 1. The van der Waals surface area contributed by atoms with Crippen LogP contribution in [0.5, 0.6) is 0 Å². The van der Waals surface area contributed by atoms with Gasteiger partial charge in [-0.2, -0.15) is 0 Å². The molecule has 6 heteroatoms. The molecule has 0 aromatic rings. The van der Waals surface area contributed by atoms with Gasteiger partial charge < -0.3 is 15.2 Å². The second-order valence-electron chi connectivity index (χ2n) is 3.37. The fourth-order valence-corrected chi connectivity index (χ4v) is 0.375. The first kappa shape index (κ1) is 22.8. The van der Waals surface area contributed by atoms with Crippen LogP contribution >= 0.6 is 0 Å². The summed E-state index contributed by atoms with van der Waals surface area (Å²) in [5.74, 6) is -1.14. The first-order chi connectivity index (χ1) is 9.13. The molecule has 0 rings (SSSR count). The van der Waals surface area contributed by atoms with Crippen molar-refractivity contribution in [1.29, 1.82) is 0 Å². The van der Waals surface area contributed by atoms with E-state index in [4.69, 9.17) is 5.73 Å². The van der Waals surface area contributed by atoms with E-state index in [1.165, 1.54) is 7.11 Å². The highest BCUT2D eigenvalue weighted by Gasteiger charge is 1.95. The van der Waals surface area contributed by atoms with Gasteiger partial charge in [-0.05, 0) is 20.8 Å². The molecule has 20 heavy (non-hydrogen) atoms. The lowest BCUT2D eigenvalue weighted by Crippen LogP contribution is -2.10. The largest absolute Gasteiger partial charge is 0.466 e. The summed E-state index contributed by atoms with van der Waals surface area (Å²) in [5.41, 5.74) is 5.53. The summed E-state index contributed by atoms with van der Waals surface area (Å²) in [6, 6.07) is 0. The maximum Gasteiger partial charge on any atom is 0.332 e. The van der Waals surface area contributed by atoms with Crippen LogP contribution in [0.3, 0.4) is 0 Å². The summed E-state index contributed by atoms with van der Waals surface area (Å²) >= 11 is 0. The van der Waals surface area contributed by atoms with E-state index in [1.807, 2.05) is 0 Å². The topological polar surface area (TPSA) is 95.7 Å². The molecule has 0 saturated carbocycles. The number of rotatable bonds is 4. The fraction of sp³-hybridized carbons (Fsp3) is 0.357. The average Bonchev–Trinajstić information content (AvgIpc) is 2.39. The minimum Gasteiger partial charge on any atom is -0.466 e. The van der Waals surface area contributed by atoms with Gasteiger partial charge in [-0.3, -0.25) is 4.79 Å². The highest BCUT2D eigenvalue weighted by atomic mass is 16.5.